The number of nitrogens with zero attached hydrogens (tertiary/aromatic N) is 2. The van der Waals surface area contributed by atoms with Gasteiger partial charge in [0.15, 0.2) is 0 Å². The maximum atomic E-state index is 12.5. The van der Waals surface area contributed by atoms with Crippen molar-refractivity contribution >= 4 is 27.5 Å². The molecule has 0 radical (unpaired) electrons. The Morgan fingerprint density at radius 2 is 2.08 bits per heavy atom. The van der Waals surface area contributed by atoms with Crippen molar-refractivity contribution in [2.24, 2.45) is 0 Å². The van der Waals surface area contributed by atoms with Crippen molar-refractivity contribution in [1.29, 1.82) is 0 Å². The Morgan fingerprint density at radius 3 is 2.76 bits per heavy atom. The number of benzene rings is 1. The number of thiophene rings is 1. The van der Waals surface area contributed by atoms with Crippen LogP contribution in [-0.2, 0) is 16.1 Å². The lowest BCUT2D eigenvalue weighted by Crippen LogP contribution is -2.25. The second-order valence-corrected chi connectivity index (χ2v) is 6.23. The average molecular weight is 360 g/mol. The molecule has 130 valence electrons. The van der Waals surface area contributed by atoms with Gasteiger partial charge in [0.2, 0.25) is 0 Å². The van der Waals surface area contributed by atoms with Gasteiger partial charge in [0.05, 0.1) is 25.6 Å². The minimum Gasteiger partial charge on any atom is -0.497 e. The summed E-state index contributed by atoms with van der Waals surface area (Å²) in [5.74, 6) is 0.163. The van der Waals surface area contributed by atoms with E-state index in [1.807, 2.05) is 30.3 Å². The molecule has 0 saturated carbocycles. The van der Waals surface area contributed by atoms with E-state index in [1.165, 1.54) is 22.2 Å². The second-order valence-electron chi connectivity index (χ2n) is 5.18. The third-order valence-electron chi connectivity index (χ3n) is 3.53. The summed E-state index contributed by atoms with van der Waals surface area (Å²) in [6, 6.07) is 9.37. The van der Waals surface area contributed by atoms with E-state index in [2.05, 4.69) is 4.98 Å². The Morgan fingerprint density at radius 1 is 1.32 bits per heavy atom. The number of hydrogen-bond donors (Lipinski definition) is 1. The summed E-state index contributed by atoms with van der Waals surface area (Å²) in [5.41, 5.74) is 1.24. The van der Waals surface area contributed by atoms with E-state index in [0.29, 0.717) is 10.2 Å². The summed E-state index contributed by atoms with van der Waals surface area (Å²) in [6.07, 6.45) is 1.33. The average Bonchev–Trinajstić information content (AvgIpc) is 3.07. The Kier molecular flexibility index (Phi) is 5.11. The first-order valence-corrected chi connectivity index (χ1v) is 8.34. The third kappa shape index (κ3) is 3.70. The number of methoxy groups -OCH3 is 1. The molecule has 8 heteroatoms. The quantitative estimate of drug-likeness (QED) is 0.673. The van der Waals surface area contributed by atoms with Crippen LogP contribution < -0.4 is 10.3 Å². The van der Waals surface area contributed by atoms with Crippen molar-refractivity contribution in [3.8, 4) is 16.2 Å². The second kappa shape index (κ2) is 7.45. The molecule has 0 spiro atoms. The van der Waals surface area contributed by atoms with E-state index < -0.39 is 5.97 Å². The van der Waals surface area contributed by atoms with Gasteiger partial charge in [-0.05, 0) is 35.9 Å². The Balaban J connectivity index is 1.91. The summed E-state index contributed by atoms with van der Waals surface area (Å²) in [5, 5.41) is 8.66. The zero-order valence-electron chi connectivity index (χ0n) is 13.5. The van der Waals surface area contributed by atoms with Crippen LogP contribution in [0.1, 0.15) is 0 Å². The first kappa shape index (κ1) is 17.1. The third-order valence-corrected chi connectivity index (χ3v) is 4.69. The Bertz CT molecular complexity index is 946. The molecule has 3 rings (SSSR count). The van der Waals surface area contributed by atoms with Gasteiger partial charge in [0.1, 0.15) is 23.6 Å². The molecule has 0 atom stereocenters. The fourth-order valence-electron chi connectivity index (χ4n) is 2.30. The summed E-state index contributed by atoms with van der Waals surface area (Å²) in [4.78, 5) is 29.3. The molecule has 0 bridgehead atoms. The van der Waals surface area contributed by atoms with Crippen LogP contribution >= 0.6 is 11.3 Å². The summed E-state index contributed by atoms with van der Waals surface area (Å²) >= 11 is 1.32. The lowest BCUT2D eigenvalue weighted by molar-refractivity contribution is -0.145. The van der Waals surface area contributed by atoms with Crippen LogP contribution in [0.4, 0.5) is 0 Å². The lowest BCUT2D eigenvalue weighted by atomic mass is 10.2. The van der Waals surface area contributed by atoms with E-state index in [4.69, 9.17) is 14.6 Å². The van der Waals surface area contributed by atoms with Gasteiger partial charge in [-0.1, -0.05) is 0 Å². The van der Waals surface area contributed by atoms with Crippen LogP contribution in [0.5, 0.6) is 5.75 Å². The normalized spacial score (nSPS) is 10.8. The minimum atomic E-state index is -0.593. The van der Waals surface area contributed by atoms with Gasteiger partial charge in [-0.15, -0.1) is 11.3 Å². The topological polar surface area (TPSA) is 90.7 Å². The van der Waals surface area contributed by atoms with Crippen LogP contribution in [-0.4, -0.2) is 41.0 Å². The molecule has 0 unspecified atom stereocenters. The summed E-state index contributed by atoms with van der Waals surface area (Å²) in [7, 11) is 1.60. The summed E-state index contributed by atoms with van der Waals surface area (Å²) < 4.78 is 11.6. The first-order valence-electron chi connectivity index (χ1n) is 7.52. The zero-order valence-corrected chi connectivity index (χ0v) is 14.3. The molecular formula is C17H16N2O5S. The lowest BCUT2D eigenvalue weighted by Gasteiger charge is -2.05. The zero-order chi connectivity index (χ0) is 17.8. The van der Waals surface area contributed by atoms with E-state index in [1.54, 1.807) is 7.11 Å². The molecule has 25 heavy (non-hydrogen) atoms. The predicted molar refractivity (Wildman–Crippen MR) is 93.9 cm³/mol. The van der Waals surface area contributed by atoms with Crippen LogP contribution in [0.3, 0.4) is 0 Å². The first-order chi connectivity index (χ1) is 12.1. The Hall–Kier alpha value is -2.71. The van der Waals surface area contributed by atoms with E-state index in [9.17, 15) is 9.59 Å². The fourth-order valence-corrected chi connectivity index (χ4v) is 3.36. The van der Waals surface area contributed by atoms with Crippen molar-refractivity contribution in [2.75, 3.05) is 20.3 Å². The van der Waals surface area contributed by atoms with E-state index in [-0.39, 0.29) is 25.3 Å². The van der Waals surface area contributed by atoms with Crippen LogP contribution in [0.25, 0.3) is 20.7 Å². The highest BCUT2D eigenvalue weighted by Crippen LogP contribution is 2.31. The van der Waals surface area contributed by atoms with Gasteiger partial charge < -0.3 is 14.6 Å². The SMILES string of the molecule is COc1ccc(-c2cc3ncn(CC(=O)OCCO)c(=O)c3s2)cc1. The highest BCUT2D eigenvalue weighted by molar-refractivity contribution is 7.22. The van der Waals surface area contributed by atoms with Gasteiger partial charge in [0.25, 0.3) is 5.56 Å². The molecule has 2 heterocycles. The number of hydrogen-bond acceptors (Lipinski definition) is 7. The number of aliphatic hydroxyl groups excluding tert-OH is 1. The minimum absolute atomic E-state index is 0.0934. The highest BCUT2D eigenvalue weighted by atomic mass is 32.1. The number of aliphatic hydroxyl groups is 1. The smallest absolute Gasteiger partial charge is 0.326 e. The fraction of sp³-hybridized carbons (Fsp3) is 0.235. The molecule has 0 aliphatic rings. The van der Waals surface area contributed by atoms with Crippen molar-refractivity contribution in [3.05, 3.63) is 47.0 Å². The van der Waals surface area contributed by atoms with E-state index in [0.717, 1.165) is 16.2 Å². The van der Waals surface area contributed by atoms with Crippen molar-refractivity contribution in [3.63, 3.8) is 0 Å². The number of carbonyl (C=O) groups excluding carboxylic acids is 1. The number of fused-ring (bicyclic) bond motifs is 1. The molecule has 1 N–H and O–H groups in total. The molecule has 0 aliphatic carbocycles. The van der Waals surface area contributed by atoms with Crippen LogP contribution in [0, 0.1) is 0 Å². The van der Waals surface area contributed by atoms with Gasteiger partial charge in [0, 0.05) is 4.88 Å². The molecule has 2 aromatic heterocycles. The van der Waals surface area contributed by atoms with Crippen molar-refractivity contribution < 1.29 is 19.4 Å². The van der Waals surface area contributed by atoms with Gasteiger partial charge >= 0.3 is 5.97 Å². The maximum Gasteiger partial charge on any atom is 0.326 e. The molecule has 0 saturated heterocycles. The number of esters is 1. The molecule has 3 aromatic rings. The maximum absolute atomic E-state index is 12.5. The van der Waals surface area contributed by atoms with Crippen molar-refractivity contribution in [1.82, 2.24) is 9.55 Å². The standard InChI is InChI=1S/C17H16N2O5S/c1-23-12-4-2-11(3-5-12)14-8-13-16(25-14)17(22)19(10-18-13)9-15(21)24-7-6-20/h2-5,8,10,20H,6-7,9H2,1H3. The number of carbonyl (C=O) groups is 1. The monoisotopic (exact) mass is 360 g/mol. The number of ether oxygens (including phenoxy) is 2. The molecule has 0 amide bonds. The van der Waals surface area contributed by atoms with Crippen molar-refractivity contribution in [2.45, 2.75) is 6.54 Å². The van der Waals surface area contributed by atoms with Gasteiger partial charge in [-0.25, -0.2) is 4.98 Å². The summed E-state index contributed by atoms with van der Waals surface area (Å²) in [6.45, 7) is -0.588. The predicted octanol–water partition coefficient (Wildman–Crippen LogP) is 1.67. The van der Waals surface area contributed by atoms with Gasteiger partial charge in [-0.2, -0.15) is 0 Å². The molecule has 0 aliphatic heterocycles. The van der Waals surface area contributed by atoms with E-state index >= 15 is 0 Å². The Labute approximate surface area is 147 Å². The molecule has 1 aromatic carbocycles. The largest absolute Gasteiger partial charge is 0.497 e. The molecule has 0 fully saturated rings. The number of aromatic nitrogens is 2. The molecular weight excluding hydrogens is 344 g/mol. The highest BCUT2D eigenvalue weighted by Gasteiger charge is 2.13. The van der Waals surface area contributed by atoms with Crippen LogP contribution in [0.15, 0.2) is 41.5 Å². The molecule has 7 nitrogen and oxygen atoms in total. The number of rotatable bonds is 6. The van der Waals surface area contributed by atoms with Gasteiger partial charge in [-0.3, -0.25) is 14.2 Å². The van der Waals surface area contributed by atoms with Crippen LogP contribution in [0.2, 0.25) is 0 Å².